The van der Waals surface area contributed by atoms with Crippen LogP contribution in [-0.4, -0.2) is 24.3 Å². The molecule has 0 aromatic heterocycles. The summed E-state index contributed by atoms with van der Waals surface area (Å²) in [6, 6.07) is 4.18. The van der Waals surface area contributed by atoms with Crippen molar-refractivity contribution in [2.75, 3.05) is 7.11 Å². The number of aldehydes is 1. The fourth-order valence-electron chi connectivity index (χ4n) is 1.78. The fraction of sp³-hybridized carbons (Fsp3) is 0.333. The highest BCUT2D eigenvalue weighted by molar-refractivity contribution is 5.92. The van der Waals surface area contributed by atoms with Crippen molar-refractivity contribution < 1.29 is 19.2 Å². The number of ether oxygens (including phenoxy) is 1. The Morgan fingerprint density at radius 2 is 2.22 bits per heavy atom. The van der Waals surface area contributed by atoms with Gasteiger partial charge in [0, 0.05) is 18.1 Å². The normalized spacial score (nSPS) is 11.7. The Kier molecular flexibility index (Phi) is 4.53. The van der Waals surface area contributed by atoms with Crippen LogP contribution in [0.5, 0.6) is 0 Å². The van der Waals surface area contributed by atoms with Gasteiger partial charge >= 0.3 is 5.97 Å². The summed E-state index contributed by atoms with van der Waals surface area (Å²) in [5.41, 5.74) is 0.190. The zero-order valence-electron chi connectivity index (χ0n) is 10.1. The molecule has 0 fully saturated rings. The number of hydrogen-bond donors (Lipinski definition) is 0. The Bertz CT molecular complexity index is 483. The van der Waals surface area contributed by atoms with Crippen LogP contribution >= 0.6 is 0 Å². The van der Waals surface area contributed by atoms with Crippen molar-refractivity contribution in [2.24, 2.45) is 0 Å². The van der Waals surface area contributed by atoms with Crippen molar-refractivity contribution in [2.45, 2.75) is 19.3 Å². The zero-order valence-corrected chi connectivity index (χ0v) is 10.1. The lowest BCUT2D eigenvalue weighted by Crippen LogP contribution is -2.11. The van der Waals surface area contributed by atoms with Gasteiger partial charge in [-0.2, -0.15) is 0 Å². The molecule has 1 aromatic rings. The Balaban J connectivity index is 3.42. The van der Waals surface area contributed by atoms with Crippen molar-refractivity contribution in [3.63, 3.8) is 0 Å². The molecule has 0 heterocycles. The average molecular weight is 251 g/mol. The molecule has 0 radical (unpaired) electrons. The van der Waals surface area contributed by atoms with E-state index in [9.17, 15) is 19.7 Å². The van der Waals surface area contributed by atoms with Crippen molar-refractivity contribution in [3.8, 4) is 0 Å². The van der Waals surface area contributed by atoms with Crippen molar-refractivity contribution in [1.29, 1.82) is 0 Å². The molecule has 1 rings (SSSR count). The van der Waals surface area contributed by atoms with E-state index in [0.717, 1.165) is 0 Å². The highest BCUT2D eigenvalue weighted by atomic mass is 16.6. The number of carbonyl (C=O) groups is 2. The van der Waals surface area contributed by atoms with E-state index in [1.807, 2.05) is 0 Å². The molecule has 0 bridgehead atoms. The first-order chi connectivity index (χ1) is 8.52. The molecule has 18 heavy (non-hydrogen) atoms. The van der Waals surface area contributed by atoms with Crippen molar-refractivity contribution >= 4 is 17.9 Å². The van der Waals surface area contributed by atoms with E-state index in [4.69, 9.17) is 0 Å². The van der Waals surface area contributed by atoms with E-state index >= 15 is 0 Å². The number of rotatable bonds is 5. The minimum Gasteiger partial charge on any atom is -0.465 e. The smallest absolute Gasteiger partial charge is 0.338 e. The Labute approximate surface area is 104 Å². The van der Waals surface area contributed by atoms with Gasteiger partial charge in [-0.1, -0.05) is 13.0 Å². The van der Waals surface area contributed by atoms with Crippen LogP contribution in [-0.2, 0) is 9.53 Å². The molecule has 0 aliphatic rings. The van der Waals surface area contributed by atoms with Crippen LogP contribution < -0.4 is 0 Å². The first kappa shape index (κ1) is 13.8. The van der Waals surface area contributed by atoms with E-state index in [1.165, 1.54) is 25.3 Å². The van der Waals surface area contributed by atoms with Crippen molar-refractivity contribution in [3.05, 3.63) is 39.4 Å². The number of nitrogens with zero attached hydrogens (tertiary/aromatic N) is 1. The summed E-state index contributed by atoms with van der Waals surface area (Å²) < 4.78 is 4.59. The highest BCUT2D eigenvalue weighted by Gasteiger charge is 2.25. The second-order valence-electron chi connectivity index (χ2n) is 3.79. The number of benzene rings is 1. The minimum atomic E-state index is -0.647. The van der Waals surface area contributed by atoms with Gasteiger partial charge in [-0.15, -0.1) is 0 Å². The van der Waals surface area contributed by atoms with Crippen LogP contribution in [0.4, 0.5) is 5.69 Å². The molecule has 0 aliphatic carbocycles. The second-order valence-corrected chi connectivity index (χ2v) is 3.79. The first-order valence-corrected chi connectivity index (χ1v) is 5.32. The van der Waals surface area contributed by atoms with Gasteiger partial charge in [0.2, 0.25) is 0 Å². The van der Waals surface area contributed by atoms with Crippen LogP contribution in [0.1, 0.15) is 35.2 Å². The van der Waals surface area contributed by atoms with Gasteiger partial charge in [0.1, 0.15) is 6.29 Å². The Hall–Kier alpha value is -2.24. The number of hydrogen-bond acceptors (Lipinski definition) is 5. The molecule has 6 nitrogen and oxygen atoms in total. The number of carbonyl (C=O) groups excluding carboxylic acids is 2. The molecule has 0 amide bonds. The van der Waals surface area contributed by atoms with Gasteiger partial charge < -0.3 is 9.53 Å². The number of methoxy groups -OCH3 is 1. The molecule has 1 unspecified atom stereocenters. The van der Waals surface area contributed by atoms with Gasteiger partial charge in [-0.05, 0) is 12.0 Å². The first-order valence-electron chi connectivity index (χ1n) is 5.32. The van der Waals surface area contributed by atoms with E-state index in [-0.39, 0.29) is 23.2 Å². The third-order valence-electron chi connectivity index (χ3n) is 2.63. The van der Waals surface area contributed by atoms with Crippen molar-refractivity contribution in [1.82, 2.24) is 0 Å². The fourth-order valence-corrected chi connectivity index (χ4v) is 1.78. The third-order valence-corrected chi connectivity index (χ3v) is 2.63. The zero-order chi connectivity index (χ0) is 13.7. The van der Waals surface area contributed by atoms with Crippen LogP contribution in [0.2, 0.25) is 0 Å². The third kappa shape index (κ3) is 2.71. The largest absolute Gasteiger partial charge is 0.465 e. The monoisotopic (exact) mass is 251 g/mol. The van der Waals surface area contributed by atoms with Gasteiger partial charge in [0.05, 0.1) is 17.6 Å². The molecule has 1 atom stereocenters. The van der Waals surface area contributed by atoms with Crippen LogP contribution in [0, 0.1) is 10.1 Å². The van der Waals surface area contributed by atoms with Gasteiger partial charge in [0.15, 0.2) is 0 Å². The van der Waals surface area contributed by atoms with Gasteiger partial charge in [-0.25, -0.2) is 4.79 Å². The molecule has 0 N–H and O–H groups in total. The molecular weight excluding hydrogens is 238 g/mol. The lowest BCUT2D eigenvalue weighted by atomic mass is 9.92. The van der Waals surface area contributed by atoms with Crippen LogP contribution in [0.15, 0.2) is 18.2 Å². The summed E-state index contributed by atoms with van der Waals surface area (Å²) in [4.78, 5) is 32.5. The lowest BCUT2D eigenvalue weighted by molar-refractivity contribution is -0.385. The quantitative estimate of drug-likeness (QED) is 0.346. The highest BCUT2D eigenvalue weighted by Crippen LogP contribution is 2.31. The maximum Gasteiger partial charge on any atom is 0.338 e. The maximum atomic E-state index is 11.6. The van der Waals surface area contributed by atoms with E-state index < -0.39 is 16.8 Å². The molecular formula is C12H13NO5. The molecule has 0 aliphatic heterocycles. The number of esters is 1. The summed E-state index contributed by atoms with van der Waals surface area (Å²) in [6.07, 6.45) is 0.775. The summed E-state index contributed by atoms with van der Waals surface area (Å²) in [6.45, 7) is 1.66. The van der Waals surface area contributed by atoms with Crippen LogP contribution in [0.3, 0.4) is 0 Å². The Morgan fingerprint density at radius 3 is 2.72 bits per heavy atom. The summed E-state index contributed by atoms with van der Waals surface area (Å²) >= 11 is 0. The summed E-state index contributed by atoms with van der Waals surface area (Å²) in [5, 5.41) is 11.0. The molecule has 96 valence electrons. The van der Waals surface area contributed by atoms with Crippen LogP contribution in [0.25, 0.3) is 0 Å². The molecule has 0 saturated carbocycles. The van der Waals surface area contributed by atoms with E-state index in [0.29, 0.717) is 6.29 Å². The second kappa shape index (κ2) is 5.90. The number of nitro benzene ring substituents is 1. The predicted octanol–water partition coefficient (Wildman–Crippen LogP) is 2.07. The molecule has 6 heteroatoms. The molecule has 0 spiro atoms. The number of nitro groups is 1. The Morgan fingerprint density at radius 1 is 1.56 bits per heavy atom. The summed E-state index contributed by atoms with van der Waals surface area (Å²) in [5.74, 6) is -1.07. The molecule has 1 aromatic carbocycles. The summed E-state index contributed by atoms with van der Waals surface area (Å²) in [7, 11) is 1.20. The van der Waals surface area contributed by atoms with Gasteiger partial charge in [0.25, 0.3) is 5.69 Å². The van der Waals surface area contributed by atoms with E-state index in [1.54, 1.807) is 6.92 Å². The minimum absolute atomic E-state index is 0.106. The standard InChI is InChI=1S/C12H13NO5/c1-8(6-7-14)11-9(12(15)18-2)4-3-5-10(11)13(16)17/h3-5,7-8H,6H2,1-2H3. The SMILES string of the molecule is COC(=O)c1cccc([N+](=O)[O-])c1C(C)CC=O. The van der Waals surface area contributed by atoms with Gasteiger partial charge in [-0.3, -0.25) is 10.1 Å². The molecule has 0 saturated heterocycles. The predicted molar refractivity (Wildman–Crippen MR) is 63.5 cm³/mol. The van der Waals surface area contributed by atoms with E-state index in [2.05, 4.69) is 4.74 Å². The average Bonchev–Trinajstić information content (AvgIpc) is 2.37. The topological polar surface area (TPSA) is 86.5 Å². The maximum absolute atomic E-state index is 11.6. The lowest BCUT2D eigenvalue weighted by Gasteiger charge is -2.13.